The second kappa shape index (κ2) is 7.59. The van der Waals surface area contributed by atoms with Crippen LogP contribution in [0.2, 0.25) is 0 Å². The van der Waals surface area contributed by atoms with Crippen molar-refractivity contribution in [1.82, 2.24) is 5.32 Å². The van der Waals surface area contributed by atoms with Gasteiger partial charge in [0.25, 0.3) is 0 Å². The van der Waals surface area contributed by atoms with E-state index in [1.165, 1.54) is 0 Å². The highest BCUT2D eigenvalue weighted by molar-refractivity contribution is 9.10. The maximum atomic E-state index is 12.4. The van der Waals surface area contributed by atoms with Gasteiger partial charge in [0.2, 0.25) is 5.91 Å². The maximum Gasteiger partial charge on any atom is 0.308 e. The molecule has 1 atom stereocenters. The van der Waals surface area contributed by atoms with E-state index in [4.69, 9.17) is 5.11 Å². The number of rotatable bonds is 7. The first-order valence-corrected chi connectivity index (χ1v) is 7.85. The van der Waals surface area contributed by atoms with Gasteiger partial charge in [-0.2, -0.15) is 0 Å². The smallest absolute Gasteiger partial charge is 0.308 e. The predicted octanol–water partition coefficient (Wildman–Crippen LogP) is 3.34. The molecule has 0 saturated heterocycles. The van der Waals surface area contributed by atoms with E-state index < -0.39 is 17.3 Å². The van der Waals surface area contributed by atoms with Crippen LogP contribution in [0.3, 0.4) is 0 Å². The number of benzene rings is 1. The normalized spacial score (nSPS) is 12.8. The van der Waals surface area contributed by atoms with Crippen LogP contribution in [0, 0.1) is 5.92 Å². The van der Waals surface area contributed by atoms with Gasteiger partial charge >= 0.3 is 5.97 Å². The van der Waals surface area contributed by atoms with E-state index in [2.05, 4.69) is 21.2 Å². The molecule has 0 spiro atoms. The first kappa shape index (κ1) is 17.7. The van der Waals surface area contributed by atoms with Crippen LogP contribution in [0.4, 0.5) is 0 Å². The fraction of sp³-hybridized carbons (Fsp3) is 0.500. The topological polar surface area (TPSA) is 66.4 Å². The number of aliphatic carboxylic acids is 1. The third kappa shape index (κ3) is 4.84. The lowest BCUT2D eigenvalue weighted by Gasteiger charge is -2.25. The molecule has 116 valence electrons. The molecule has 0 heterocycles. The summed E-state index contributed by atoms with van der Waals surface area (Å²) >= 11 is 3.40. The van der Waals surface area contributed by atoms with Crippen molar-refractivity contribution in [2.45, 2.75) is 39.0 Å². The third-order valence-electron chi connectivity index (χ3n) is 3.61. The summed E-state index contributed by atoms with van der Waals surface area (Å²) in [5.74, 6) is -1.56. The summed E-state index contributed by atoms with van der Waals surface area (Å²) in [7, 11) is 0. The van der Waals surface area contributed by atoms with Gasteiger partial charge in [0.15, 0.2) is 0 Å². The molecule has 1 amide bonds. The number of hydrogen-bond acceptors (Lipinski definition) is 2. The van der Waals surface area contributed by atoms with Gasteiger partial charge < -0.3 is 10.4 Å². The minimum atomic E-state index is -0.864. The zero-order chi connectivity index (χ0) is 16.0. The highest BCUT2D eigenvalue weighted by atomic mass is 79.9. The molecule has 0 aliphatic heterocycles. The van der Waals surface area contributed by atoms with Crippen molar-refractivity contribution in [2.24, 2.45) is 5.92 Å². The zero-order valence-electron chi connectivity index (χ0n) is 12.6. The van der Waals surface area contributed by atoms with Crippen molar-refractivity contribution in [3.63, 3.8) is 0 Å². The maximum absolute atomic E-state index is 12.4. The van der Waals surface area contributed by atoms with Crippen LogP contribution in [0.15, 0.2) is 28.7 Å². The van der Waals surface area contributed by atoms with Gasteiger partial charge in [-0.25, -0.2) is 0 Å². The molecule has 0 bridgehead atoms. The summed E-state index contributed by atoms with van der Waals surface area (Å²) in [6, 6.07) is 7.58. The number of hydrogen-bond donors (Lipinski definition) is 2. The minimum absolute atomic E-state index is 0.164. The molecule has 0 radical (unpaired) electrons. The minimum Gasteiger partial charge on any atom is -0.481 e. The van der Waals surface area contributed by atoms with Crippen molar-refractivity contribution in [3.8, 4) is 0 Å². The summed E-state index contributed by atoms with van der Waals surface area (Å²) < 4.78 is 0.912. The van der Waals surface area contributed by atoms with Crippen molar-refractivity contribution in [2.75, 3.05) is 6.54 Å². The monoisotopic (exact) mass is 355 g/mol. The molecule has 1 aromatic rings. The standard InChI is InChI=1S/C16H22BrNO3/c1-4-6-11(14(19)20)10-18-15(21)16(2,3)12-7-5-8-13(17)9-12/h5,7-9,11H,4,6,10H2,1-3H3,(H,18,21)(H,19,20). The van der Waals surface area contributed by atoms with E-state index >= 15 is 0 Å². The molecule has 0 aliphatic carbocycles. The molecule has 1 rings (SSSR count). The predicted molar refractivity (Wildman–Crippen MR) is 86.2 cm³/mol. The second-order valence-corrected chi connectivity index (χ2v) is 6.58. The van der Waals surface area contributed by atoms with Crippen LogP contribution in [0.5, 0.6) is 0 Å². The van der Waals surface area contributed by atoms with Crippen LogP contribution in [-0.4, -0.2) is 23.5 Å². The summed E-state index contributed by atoms with van der Waals surface area (Å²) in [5, 5.41) is 11.9. The molecule has 5 heteroatoms. The molecule has 0 aliphatic rings. The Morgan fingerprint density at radius 1 is 1.38 bits per heavy atom. The molecular weight excluding hydrogens is 334 g/mol. The Bertz CT molecular complexity index is 514. The molecule has 21 heavy (non-hydrogen) atoms. The van der Waals surface area contributed by atoms with Gasteiger partial charge in [0.05, 0.1) is 11.3 Å². The number of nitrogens with one attached hydrogen (secondary N) is 1. The van der Waals surface area contributed by atoms with E-state index in [1.807, 2.05) is 45.0 Å². The first-order valence-electron chi connectivity index (χ1n) is 7.06. The highest BCUT2D eigenvalue weighted by Gasteiger charge is 2.30. The average Bonchev–Trinajstić information content (AvgIpc) is 2.42. The fourth-order valence-electron chi connectivity index (χ4n) is 2.11. The molecule has 0 fully saturated rings. The van der Waals surface area contributed by atoms with E-state index in [0.717, 1.165) is 16.5 Å². The molecule has 1 aromatic carbocycles. The van der Waals surface area contributed by atoms with Gasteiger partial charge in [0, 0.05) is 11.0 Å². The number of carbonyl (C=O) groups is 2. The summed E-state index contributed by atoms with van der Waals surface area (Å²) in [4.78, 5) is 23.5. The second-order valence-electron chi connectivity index (χ2n) is 5.67. The van der Waals surface area contributed by atoms with Crippen LogP contribution >= 0.6 is 15.9 Å². The van der Waals surface area contributed by atoms with E-state index in [1.54, 1.807) is 0 Å². The van der Waals surface area contributed by atoms with E-state index in [0.29, 0.717) is 6.42 Å². The average molecular weight is 356 g/mol. The summed E-state index contributed by atoms with van der Waals surface area (Å²) in [6.07, 6.45) is 1.34. The quantitative estimate of drug-likeness (QED) is 0.788. The number of amides is 1. The Balaban J connectivity index is 2.75. The summed E-state index contributed by atoms with van der Waals surface area (Å²) in [6.45, 7) is 5.77. The van der Waals surface area contributed by atoms with Crippen LogP contribution in [0.25, 0.3) is 0 Å². The van der Waals surface area contributed by atoms with Gasteiger partial charge in [-0.3, -0.25) is 9.59 Å². The van der Waals surface area contributed by atoms with Gasteiger partial charge in [-0.15, -0.1) is 0 Å². The lowest BCUT2D eigenvalue weighted by molar-refractivity contribution is -0.142. The number of carboxylic acid groups (broad SMARTS) is 1. The lowest BCUT2D eigenvalue weighted by atomic mass is 9.83. The van der Waals surface area contributed by atoms with Crippen molar-refractivity contribution in [3.05, 3.63) is 34.3 Å². The Hall–Kier alpha value is -1.36. The van der Waals surface area contributed by atoms with Gasteiger partial charge in [-0.05, 0) is 38.0 Å². The first-order chi connectivity index (χ1) is 9.78. The van der Waals surface area contributed by atoms with Gasteiger partial charge in [-0.1, -0.05) is 41.4 Å². The SMILES string of the molecule is CCCC(CNC(=O)C(C)(C)c1cccc(Br)c1)C(=O)O. The lowest BCUT2D eigenvalue weighted by Crippen LogP contribution is -2.43. The molecule has 2 N–H and O–H groups in total. The van der Waals surface area contributed by atoms with Crippen molar-refractivity contribution in [1.29, 1.82) is 0 Å². The summed E-state index contributed by atoms with van der Waals surface area (Å²) in [5.41, 5.74) is 0.177. The third-order valence-corrected chi connectivity index (χ3v) is 4.10. The number of carbonyl (C=O) groups excluding carboxylic acids is 1. The van der Waals surface area contributed by atoms with Crippen molar-refractivity contribution >= 4 is 27.8 Å². The molecule has 0 saturated carbocycles. The highest BCUT2D eigenvalue weighted by Crippen LogP contribution is 2.26. The Labute approximate surface area is 134 Å². The van der Waals surface area contributed by atoms with Gasteiger partial charge in [0.1, 0.15) is 0 Å². The van der Waals surface area contributed by atoms with Crippen LogP contribution in [0.1, 0.15) is 39.2 Å². The van der Waals surface area contributed by atoms with Crippen LogP contribution < -0.4 is 5.32 Å². The van der Waals surface area contributed by atoms with Crippen LogP contribution in [-0.2, 0) is 15.0 Å². The Morgan fingerprint density at radius 2 is 2.05 bits per heavy atom. The fourth-order valence-corrected chi connectivity index (χ4v) is 2.51. The Morgan fingerprint density at radius 3 is 2.57 bits per heavy atom. The molecular formula is C16H22BrNO3. The van der Waals surface area contributed by atoms with Crippen molar-refractivity contribution < 1.29 is 14.7 Å². The molecule has 1 unspecified atom stereocenters. The van der Waals surface area contributed by atoms with E-state index in [9.17, 15) is 9.59 Å². The number of carboxylic acids is 1. The number of halogens is 1. The Kier molecular flexibility index (Phi) is 6.40. The van der Waals surface area contributed by atoms with E-state index in [-0.39, 0.29) is 12.5 Å². The largest absolute Gasteiger partial charge is 0.481 e. The zero-order valence-corrected chi connectivity index (χ0v) is 14.2. The molecule has 4 nitrogen and oxygen atoms in total. The molecule has 0 aromatic heterocycles.